The Morgan fingerprint density at radius 1 is 1.19 bits per heavy atom. The molecule has 154 valence electrons. The lowest BCUT2D eigenvalue weighted by Gasteiger charge is -2.21. The second-order valence-electron chi connectivity index (χ2n) is 5.88. The van der Waals surface area contributed by atoms with Crippen LogP contribution >= 0.6 is 0 Å². The summed E-state index contributed by atoms with van der Waals surface area (Å²) in [7, 11) is 1.51. The smallest absolute Gasteiger partial charge is 0.328 e. The summed E-state index contributed by atoms with van der Waals surface area (Å²) < 4.78 is 4.89. The normalized spacial score (nSPS) is 11.6. The minimum absolute atomic E-state index is 0.135. The zero-order valence-electron chi connectivity index (χ0n) is 17.6. The highest BCUT2D eigenvalue weighted by atomic mass is 16.5. The maximum atomic E-state index is 11.8. The largest absolute Gasteiger partial charge is 0.464 e. The summed E-state index contributed by atoms with van der Waals surface area (Å²) in [4.78, 5) is 34.9. The van der Waals surface area contributed by atoms with Crippen LogP contribution in [-0.4, -0.2) is 44.0 Å². The quantitative estimate of drug-likeness (QED) is 0.423. The van der Waals surface area contributed by atoms with Crippen LogP contribution in [0.15, 0.2) is 12.7 Å². The maximum absolute atomic E-state index is 11.8. The molecule has 0 aliphatic rings. The van der Waals surface area contributed by atoms with Crippen LogP contribution in [0.2, 0.25) is 0 Å². The first-order chi connectivity index (χ1) is 12.2. The summed E-state index contributed by atoms with van der Waals surface area (Å²) in [6.07, 6.45) is 2.12. The molecule has 26 heavy (non-hydrogen) atoms. The van der Waals surface area contributed by atoms with Gasteiger partial charge in [-0.3, -0.25) is 9.59 Å². The Kier molecular flexibility index (Phi) is 21.6. The molecule has 2 unspecified atom stereocenters. The van der Waals surface area contributed by atoms with Crippen molar-refractivity contribution >= 4 is 17.8 Å². The first-order valence-corrected chi connectivity index (χ1v) is 9.21. The Hall–Kier alpha value is -1.89. The van der Waals surface area contributed by atoms with Crippen molar-refractivity contribution in [2.24, 2.45) is 17.6 Å². The average molecular weight is 374 g/mol. The van der Waals surface area contributed by atoms with Gasteiger partial charge >= 0.3 is 5.97 Å². The molecule has 7 nitrogen and oxygen atoms in total. The van der Waals surface area contributed by atoms with Gasteiger partial charge in [-0.1, -0.05) is 40.7 Å². The van der Waals surface area contributed by atoms with E-state index >= 15 is 0 Å². The fraction of sp³-hybridized carbons (Fsp3) is 0.737. The zero-order chi connectivity index (χ0) is 21.1. The molecule has 7 heteroatoms. The number of rotatable bonds is 9. The summed E-state index contributed by atoms with van der Waals surface area (Å²) in [5.74, 6) is -0.907. The van der Waals surface area contributed by atoms with Gasteiger partial charge in [-0.15, -0.1) is 6.58 Å². The van der Waals surface area contributed by atoms with E-state index < -0.39 is 23.8 Å². The number of esters is 1. The van der Waals surface area contributed by atoms with Gasteiger partial charge in [-0.25, -0.2) is 4.79 Å². The number of carbonyl (C=O) groups is 3. The Balaban J connectivity index is -0.000000769. The Morgan fingerprint density at radius 3 is 2.04 bits per heavy atom. The van der Waals surface area contributed by atoms with Gasteiger partial charge in [0.05, 0.1) is 13.2 Å². The van der Waals surface area contributed by atoms with E-state index in [1.54, 1.807) is 13.0 Å². The van der Waals surface area contributed by atoms with Gasteiger partial charge in [0.25, 0.3) is 0 Å². The first-order valence-electron chi connectivity index (χ1n) is 9.21. The van der Waals surface area contributed by atoms with E-state index in [2.05, 4.69) is 38.0 Å². The van der Waals surface area contributed by atoms with Crippen molar-refractivity contribution < 1.29 is 19.1 Å². The lowest BCUT2D eigenvalue weighted by Crippen LogP contribution is -2.46. The molecule has 0 saturated heterocycles. The number of amides is 2. The van der Waals surface area contributed by atoms with Crippen molar-refractivity contribution in [3.63, 3.8) is 0 Å². The van der Waals surface area contributed by atoms with Crippen LogP contribution < -0.4 is 16.4 Å². The molecule has 0 aromatic rings. The van der Waals surface area contributed by atoms with E-state index in [4.69, 9.17) is 10.5 Å². The molecule has 0 bridgehead atoms. The van der Waals surface area contributed by atoms with Gasteiger partial charge < -0.3 is 21.1 Å². The lowest BCUT2D eigenvalue weighted by atomic mass is 9.95. The zero-order valence-corrected chi connectivity index (χ0v) is 17.6. The van der Waals surface area contributed by atoms with Crippen molar-refractivity contribution in [3.05, 3.63) is 12.7 Å². The first kappa shape index (κ1) is 28.9. The highest BCUT2D eigenvalue weighted by molar-refractivity contribution is 5.86. The molecule has 0 aliphatic carbocycles. The summed E-state index contributed by atoms with van der Waals surface area (Å²) in [6.45, 7) is 15.7. The molecule has 0 rings (SSSR count). The molecule has 4 N–H and O–H groups in total. The van der Waals surface area contributed by atoms with Crippen molar-refractivity contribution in [3.8, 4) is 0 Å². The maximum Gasteiger partial charge on any atom is 0.328 e. The van der Waals surface area contributed by atoms with Gasteiger partial charge in [0.1, 0.15) is 6.04 Å². The number of hydrogen-bond donors (Lipinski definition) is 3. The van der Waals surface area contributed by atoms with E-state index in [-0.39, 0.29) is 25.5 Å². The molecular weight excluding hydrogens is 334 g/mol. The summed E-state index contributed by atoms with van der Waals surface area (Å²) >= 11 is 0. The molecule has 2 amide bonds. The second kappa shape index (κ2) is 19.4. The van der Waals surface area contributed by atoms with Gasteiger partial charge in [-0.05, 0) is 25.7 Å². The minimum atomic E-state index is -0.895. The van der Waals surface area contributed by atoms with Crippen LogP contribution in [-0.2, 0) is 19.1 Å². The van der Waals surface area contributed by atoms with Crippen molar-refractivity contribution in [2.75, 3.05) is 20.2 Å². The molecule has 0 radical (unpaired) electrons. The van der Waals surface area contributed by atoms with Crippen LogP contribution in [0.3, 0.4) is 0 Å². The SMILES string of the molecule is C=CCC(CC(NC(=O)CN)C(=O)OCC)C(=O)NC.CC.CC(C)C. The van der Waals surface area contributed by atoms with Gasteiger partial charge in [0, 0.05) is 13.0 Å². The van der Waals surface area contributed by atoms with Gasteiger partial charge in [0.15, 0.2) is 0 Å². The Bertz CT molecular complexity index is 395. The van der Waals surface area contributed by atoms with Crippen molar-refractivity contribution in [1.29, 1.82) is 0 Å². The molecule has 0 aliphatic heterocycles. The Morgan fingerprint density at radius 2 is 1.69 bits per heavy atom. The monoisotopic (exact) mass is 373 g/mol. The van der Waals surface area contributed by atoms with Crippen LogP contribution in [0.25, 0.3) is 0 Å². The number of allylic oxidation sites excluding steroid dienone is 1. The molecular formula is C19H39N3O4. The highest BCUT2D eigenvalue weighted by Crippen LogP contribution is 2.13. The lowest BCUT2D eigenvalue weighted by molar-refractivity contribution is -0.148. The molecule has 0 fully saturated rings. The van der Waals surface area contributed by atoms with Crippen molar-refractivity contribution in [1.82, 2.24) is 10.6 Å². The third kappa shape index (κ3) is 17.0. The standard InChI is InChI=1S/C13H23N3O4.C4H10.C2H6/c1-4-6-9(12(18)15-3)7-10(13(19)20-5-2)16-11(17)8-14;1-4(2)3;1-2/h4,9-10H,1,5-8,14H2,2-3H3,(H,15,18)(H,16,17);4H,1-3H3;1-2H3. The van der Waals surface area contributed by atoms with Crippen LogP contribution in [0.1, 0.15) is 54.4 Å². The van der Waals surface area contributed by atoms with E-state index in [0.717, 1.165) is 5.92 Å². The molecule has 0 aromatic carbocycles. The predicted molar refractivity (Wildman–Crippen MR) is 106 cm³/mol. The van der Waals surface area contributed by atoms with E-state index in [1.807, 2.05) is 13.8 Å². The third-order valence-corrected chi connectivity index (χ3v) is 2.68. The fourth-order valence-corrected chi connectivity index (χ4v) is 1.71. The fourth-order valence-electron chi connectivity index (χ4n) is 1.71. The molecule has 0 heterocycles. The molecule has 0 saturated carbocycles. The number of ether oxygens (including phenoxy) is 1. The molecule has 0 aromatic heterocycles. The number of hydrogen-bond acceptors (Lipinski definition) is 5. The summed E-state index contributed by atoms with van der Waals surface area (Å²) in [6, 6.07) is -0.895. The van der Waals surface area contributed by atoms with Crippen LogP contribution in [0, 0.1) is 11.8 Å². The number of nitrogens with one attached hydrogen (secondary N) is 2. The number of carbonyl (C=O) groups excluding carboxylic acids is 3. The van der Waals surface area contributed by atoms with Crippen LogP contribution in [0.4, 0.5) is 0 Å². The van der Waals surface area contributed by atoms with E-state index in [9.17, 15) is 14.4 Å². The Labute approximate surface area is 159 Å². The minimum Gasteiger partial charge on any atom is -0.464 e. The van der Waals surface area contributed by atoms with Gasteiger partial charge in [0.2, 0.25) is 11.8 Å². The predicted octanol–water partition coefficient (Wildman–Crippen LogP) is 2.01. The van der Waals surface area contributed by atoms with E-state index in [0.29, 0.717) is 6.42 Å². The number of nitrogens with two attached hydrogens (primary N) is 1. The second-order valence-corrected chi connectivity index (χ2v) is 5.88. The summed E-state index contributed by atoms with van der Waals surface area (Å²) in [5.41, 5.74) is 5.21. The average Bonchev–Trinajstić information content (AvgIpc) is 2.61. The van der Waals surface area contributed by atoms with Gasteiger partial charge in [-0.2, -0.15) is 0 Å². The van der Waals surface area contributed by atoms with E-state index in [1.165, 1.54) is 7.05 Å². The topological polar surface area (TPSA) is 111 Å². The summed E-state index contributed by atoms with van der Waals surface area (Å²) in [5, 5.41) is 4.98. The molecule has 0 spiro atoms. The van der Waals surface area contributed by atoms with Crippen molar-refractivity contribution in [2.45, 2.75) is 60.4 Å². The van der Waals surface area contributed by atoms with Crippen LogP contribution in [0.5, 0.6) is 0 Å². The highest BCUT2D eigenvalue weighted by Gasteiger charge is 2.28. The third-order valence-electron chi connectivity index (χ3n) is 2.68. The molecule has 2 atom stereocenters.